The van der Waals surface area contributed by atoms with Gasteiger partial charge in [0.2, 0.25) is 10.0 Å². The highest BCUT2D eigenvalue weighted by Gasteiger charge is 2.30. The molecule has 3 N–H and O–H groups in total. The van der Waals surface area contributed by atoms with E-state index in [1.165, 1.54) is 18.9 Å². The highest BCUT2D eigenvalue weighted by molar-refractivity contribution is 9.10. The van der Waals surface area contributed by atoms with Gasteiger partial charge in [-0.1, -0.05) is 19.8 Å². The summed E-state index contributed by atoms with van der Waals surface area (Å²) in [7, 11) is -3.51. The molecule has 0 unspecified atom stereocenters. The molecule has 6 heteroatoms. The topological polar surface area (TPSA) is 72.2 Å². The van der Waals surface area contributed by atoms with E-state index in [9.17, 15) is 8.42 Å². The lowest BCUT2D eigenvalue weighted by molar-refractivity contribution is 0.336. The molecule has 112 valence electrons. The van der Waals surface area contributed by atoms with E-state index < -0.39 is 10.0 Å². The number of benzene rings is 1. The first kappa shape index (κ1) is 15.8. The molecule has 0 amide bonds. The maximum Gasteiger partial charge on any atom is 0.240 e. The molecule has 1 aromatic rings. The highest BCUT2D eigenvalue weighted by Crippen LogP contribution is 2.37. The predicted octanol–water partition coefficient (Wildman–Crippen LogP) is 3.20. The first-order chi connectivity index (χ1) is 9.23. The SMILES string of the molecule is Cc1cc(Br)c(N)cc1S(=O)(=O)NCC1(C)CCCC1. The van der Waals surface area contributed by atoms with E-state index >= 15 is 0 Å². The number of hydrogen-bond acceptors (Lipinski definition) is 3. The molecular weight excluding hydrogens is 340 g/mol. The Labute approximate surface area is 129 Å². The second-order valence-corrected chi connectivity index (χ2v) is 8.57. The Balaban J connectivity index is 2.20. The zero-order chi connectivity index (χ0) is 15.0. The maximum atomic E-state index is 12.4. The van der Waals surface area contributed by atoms with Crippen molar-refractivity contribution < 1.29 is 8.42 Å². The summed E-state index contributed by atoms with van der Waals surface area (Å²) in [6.07, 6.45) is 4.53. The minimum absolute atomic E-state index is 0.0852. The van der Waals surface area contributed by atoms with Crippen LogP contribution in [0.1, 0.15) is 38.2 Å². The summed E-state index contributed by atoms with van der Waals surface area (Å²) in [4.78, 5) is 0.264. The molecule has 0 saturated heterocycles. The zero-order valence-corrected chi connectivity index (χ0v) is 14.3. The Bertz CT molecular complexity index is 608. The lowest BCUT2D eigenvalue weighted by Gasteiger charge is -2.24. The largest absolute Gasteiger partial charge is 0.398 e. The number of nitrogen functional groups attached to an aromatic ring is 1. The Morgan fingerprint density at radius 2 is 1.95 bits per heavy atom. The van der Waals surface area contributed by atoms with E-state index in [2.05, 4.69) is 27.6 Å². The van der Waals surface area contributed by atoms with Crippen LogP contribution in [-0.4, -0.2) is 15.0 Å². The zero-order valence-electron chi connectivity index (χ0n) is 11.9. The third kappa shape index (κ3) is 3.35. The monoisotopic (exact) mass is 360 g/mol. The smallest absolute Gasteiger partial charge is 0.240 e. The summed E-state index contributed by atoms with van der Waals surface area (Å²) in [5.74, 6) is 0. The van der Waals surface area contributed by atoms with Crippen LogP contribution >= 0.6 is 15.9 Å². The molecule has 1 aromatic carbocycles. The van der Waals surface area contributed by atoms with Crippen molar-refractivity contribution in [1.82, 2.24) is 4.72 Å². The van der Waals surface area contributed by atoms with E-state index in [0.29, 0.717) is 17.8 Å². The Hall–Kier alpha value is -0.590. The van der Waals surface area contributed by atoms with Gasteiger partial charge in [0, 0.05) is 16.7 Å². The molecule has 1 saturated carbocycles. The van der Waals surface area contributed by atoms with Crippen LogP contribution in [0.25, 0.3) is 0 Å². The number of aryl methyl sites for hydroxylation is 1. The second kappa shape index (κ2) is 5.66. The van der Waals surface area contributed by atoms with Crippen LogP contribution in [-0.2, 0) is 10.0 Å². The van der Waals surface area contributed by atoms with Crippen LogP contribution in [0.15, 0.2) is 21.5 Å². The molecule has 2 rings (SSSR count). The van der Waals surface area contributed by atoms with Gasteiger partial charge in [-0.25, -0.2) is 13.1 Å². The lowest BCUT2D eigenvalue weighted by Crippen LogP contribution is -2.34. The van der Waals surface area contributed by atoms with Crippen LogP contribution < -0.4 is 10.5 Å². The first-order valence-corrected chi connectivity index (χ1v) is 9.06. The maximum absolute atomic E-state index is 12.4. The van der Waals surface area contributed by atoms with Gasteiger partial charge < -0.3 is 5.73 Å². The van der Waals surface area contributed by atoms with Crippen molar-refractivity contribution >= 4 is 31.6 Å². The van der Waals surface area contributed by atoms with Gasteiger partial charge >= 0.3 is 0 Å². The number of rotatable bonds is 4. The van der Waals surface area contributed by atoms with Gasteiger partial charge in [0.05, 0.1) is 4.90 Å². The number of sulfonamides is 1. The van der Waals surface area contributed by atoms with Gasteiger partial charge in [-0.05, 0) is 58.8 Å². The predicted molar refractivity (Wildman–Crippen MR) is 85.1 cm³/mol. The lowest BCUT2D eigenvalue weighted by atomic mass is 9.89. The summed E-state index contributed by atoms with van der Waals surface area (Å²) in [5, 5.41) is 0. The van der Waals surface area contributed by atoms with Gasteiger partial charge in [0.1, 0.15) is 0 Å². The van der Waals surface area contributed by atoms with Gasteiger partial charge in [-0.2, -0.15) is 0 Å². The summed E-state index contributed by atoms with van der Waals surface area (Å²) in [5.41, 5.74) is 7.00. The third-order valence-corrected chi connectivity index (χ3v) is 6.31. The number of hydrogen-bond donors (Lipinski definition) is 2. The molecule has 1 aliphatic rings. The van der Waals surface area contributed by atoms with Crippen molar-refractivity contribution in [1.29, 1.82) is 0 Å². The van der Waals surface area contributed by atoms with E-state index in [4.69, 9.17) is 5.73 Å². The molecule has 0 aliphatic heterocycles. The molecule has 0 aromatic heterocycles. The van der Waals surface area contributed by atoms with Crippen molar-refractivity contribution in [2.24, 2.45) is 5.41 Å². The highest BCUT2D eigenvalue weighted by atomic mass is 79.9. The number of nitrogens with two attached hydrogens (primary N) is 1. The summed E-state index contributed by atoms with van der Waals surface area (Å²) >= 11 is 3.31. The molecule has 20 heavy (non-hydrogen) atoms. The fourth-order valence-electron chi connectivity index (χ4n) is 2.71. The van der Waals surface area contributed by atoms with E-state index in [1.807, 2.05) is 0 Å². The standard InChI is InChI=1S/C14H21BrN2O2S/c1-10-7-11(15)12(16)8-13(10)20(18,19)17-9-14(2)5-3-4-6-14/h7-8,17H,3-6,9,16H2,1-2H3. The fraction of sp³-hybridized carbons (Fsp3) is 0.571. The van der Waals surface area contributed by atoms with Crippen LogP contribution in [0.3, 0.4) is 0 Å². The number of anilines is 1. The van der Waals surface area contributed by atoms with E-state index in [-0.39, 0.29) is 10.3 Å². The van der Waals surface area contributed by atoms with Gasteiger partial charge in [-0.15, -0.1) is 0 Å². The van der Waals surface area contributed by atoms with Crippen LogP contribution in [0.5, 0.6) is 0 Å². The molecular formula is C14H21BrN2O2S. The molecule has 1 aliphatic carbocycles. The Morgan fingerprint density at radius 3 is 2.55 bits per heavy atom. The van der Waals surface area contributed by atoms with Crippen LogP contribution in [0, 0.1) is 12.3 Å². The summed E-state index contributed by atoms with van der Waals surface area (Å²) in [6.45, 7) is 4.41. The normalized spacial score (nSPS) is 18.4. The van der Waals surface area contributed by atoms with Gasteiger partial charge in [0.15, 0.2) is 0 Å². The van der Waals surface area contributed by atoms with Crippen molar-refractivity contribution in [2.75, 3.05) is 12.3 Å². The molecule has 0 radical (unpaired) electrons. The number of halogens is 1. The minimum atomic E-state index is -3.51. The molecule has 0 atom stereocenters. The second-order valence-electron chi connectivity index (χ2n) is 5.98. The fourth-order valence-corrected chi connectivity index (χ4v) is 4.63. The van der Waals surface area contributed by atoms with E-state index in [0.717, 1.165) is 17.3 Å². The van der Waals surface area contributed by atoms with Crippen molar-refractivity contribution in [3.05, 3.63) is 22.2 Å². The third-order valence-electron chi connectivity index (χ3n) is 4.08. The first-order valence-electron chi connectivity index (χ1n) is 6.79. The van der Waals surface area contributed by atoms with Crippen molar-refractivity contribution in [3.8, 4) is 0 Å². The summed E-state index contributed by atoms with van der Waals surface area (Å²) < 4.78 is 28.3. The molecule has 0 bridgehead atoms. The number of nitrogens with one attached hydrogen (secondary N) is 1. The minimum Gasteiger partial charge on any atom is -0.398 e. The average molecular weight is 361 g/mol. The van der Waals surface area contributed by atoms with E-state index in [1.54, 1.807) is 13.0 Å². The van der Waals surface area contributed by atoms with Crippen LogP contribution in [0.4, 0.5) is 5.69 Å². The van der Waals surface area contributed by atoms with Crippen molar-refractivity contribution in [3.63, 3.8) is 0 Å². The Kier molecular flexibility index (Phi) is 4.47. The summed E-state index contributed by atoms with van der Waals surface area (Å²) in [6, 6.07) is 3.25. The molecule has 0 spiro atoms. The molecule has 4 nitrogen and oxygen atoms in total. The molecule has 1 fully saturated rings. The van der Waals surface area contributed by atoms with Gasteiger partial charge in [-0.3, -0.25) is 0 Å². The van der Waals surface area contributed by atoms with Crippen LogP contribution in [0.2, 0.25) is 0 Å². The quantitative estimate of drug-likeness (QED) is 0.809. The average Bonchev–Trinajstić information content (AvgIpc) is 2.79. The van der Waals surface area contributed by atoms with Crippen molar-refractivity contribution in [2.45, 2.75) is 44.4 Å². The molecule has 0 heterocycles. The Morgan fingerprint density at radius 1 is 1.35 bits per heavy atom. The van der Waals surface area contributed by atoms with Gasteiger partial charge in [0.25, 0.3) is 0 Å².